The first-order chi connectivity index (χ1) is 6.58. The number of urea groups is 1. The second-order valence-corrected chi connectivity index (χ2v) is 3.16. The molecule has 0 aromatic carbocycles. The van der Waals surface area contributed by atoms with E-state index in [1.54, 1.807) is 19.1 Å². The van der Waals surface area contributed by atoms with Crippen molar-refractivity contribution < 1.29 is 4.79 Å². The number of anilines is 1. The molecule has 0 saturated heterocycles. The van der Waals surface area contributed by atoms with Crippen LogP contribution in [0.2, 0.25) is 5.02 Å². The minimum Gasteiger partial charge on any atom is -0.312 e. The Labute approximate surface area is 87.0 Å². The molecule has 0 aliphatic rings. The van der Waals surface area contributed by atoms with Gasteiger partial charge in [-0.2, -0.15) is 0 Å². The number of rotatable bonds is 2. The maximum Gasteiger partial charge on any atom is 0.324 e. The number of hydrogen-bond donors (Lipinski definition) is 2. The second kappa shape index (κ2) is 4.62. The quantitative estimate of drug-likeness (QED) is 0.789. The first-order valence-electron chi connectivity index (χ1n) is 3.93. The lowest BCUT2D eigenvalue weighted by molar-refractivity contribution is 0.254. The van der Waals surface area contributed by atoms with Gasteiger partial charge in [-0.15, -0.1) is 0 Å². The number of amides is 2. The standard InChI is InChI=1S/C9H10ClN3O/c1-6(2)12-9(14)13-8-5-7(10)3-4-11-8/h3-5H,1H2,2H3,(H2,11,12,13,14). The van der Waals surface area contributed by atoms with Gasteiger partial charge in [-0.25, -0.2) is 9.78 Å². The summed E-state index contributed by atoms with van der Waals surface area (Å²) in [5.41, 5.74) is 0.560. The molecule has 0 bridgehead atoms. The molecule has 1 heterocycles. The van der Waals surface area contributed by atoms with E-state index in [1.165, 1.54) is 6.20 Å². The van der Waals surface area contributed by atoms with Crippen molar-refractivity contribution in [2.75, 3.05) is 5.32 Å². The third-order valence-electron chi connectivity index (χ3n) is 1.29. The van der Waals surface area contributed by atoms with E-state index in [4.69, 9.17) is 11.6 Å². The van der Waals surface area contributed by atoms with Gasteiger partial charge in [0.15, 0.2) is 0 Å². The molecule has 0 aliphatic carbocycles. The number of hydrogen-bond acceptors (Lipinski definition) is 2. The zero-order valence-corrected chi connectivity index (χ0v) is 8.43. The zero-order valence-electron chi connectivity index (χ0n) is 7.67. The number of pyridine rings is 1. The highest BCUT2D eigenvalue weighted by Gasteiger charge is 2.01. The third kappa shape index (κ3) is 3.45. The Morgan fingerprint density at radius 2 is 2.36 bits per heavy atom. The van der Waals surface area contributed by atoms with Crippen LogP contribution in [0.5, 0.6) is 0 Å². The van der Waals surface area contributed by atoms with Crippen LogP contribution in [0, 0.1) is 0 Å². The molecular formula is C9H10ClN3O. The van der Waals surface area contributed by atoms with Crippen molar-refractivity contribution in [1.82, 2.24) is 10.3 Å². The van der Waals surface area contributed by atoms with Crippen LogP contribution < -0.4 is 10.6 Å². The summed E-state index contributed by atoms with van der Waals surface area (Å²) >= 11 is 5.70. The Balaban J connectivity index is 2.60. The van der Waals surface area contributed by atoms with E-state index < -0.39 is 0 Å². The highest BCUT2D eigenvalue weighted by molar-refractivity contribution is 6.30. The van der Waals surface area contributed by atoms with Gasteiger partial charge in [0, 0.05) is 16.9 Å². The molecule has 0 atom stereocenters. The Morgan fingerprint density at radius 1 is 1.64 bits per heavy atom. The van der Waals surface area contributed by atoms with E-state index in [-0.39, 0.29) is 6.03 Å². The van der Waals surface area contributed by atoms with Gasteiger partial charge in [0.1, 0.15) is 5.82 Å². The van der Waals surface area contributed by atoms with Gasteiger partial charge < -0.3 is 5.32 Å². The van der Waals surface area contributed by atoms with Crippen LogP contribution >= 0.6 is 11.6 Å². The van der Waals surface area contributed by atoms with Gasteiger partial charge in [-0.05, 0) is 19.1 Å². The first kappa shape index (κ1) is 10.5. The molecule has 5 heteroatoms. The minimum absolute atomic E-state index is 0.382. The van der Waals surface area contributed by atoms with E-state index >= 15 is 0 Å². The van der Waals surface area contributed by atoms with Gasteiger partial charge in [-0.3, -0.25) is 5.32 Å². The first-order valence-corrected chi connectivity index (χ1v) is 4.31. The highest BCUT2D eigenvalue weighted by atomic mass is 35.5. The molecule has 0 fully saturated rings. The van der Waals surface area contributed by atoms with Crippen LogP contribution in [0.1, 0.15) is 6.92 Å². The number of nitrogens with one attached hydrogen (secondary N) is 2. The van der Waals surface area contributed by atoms with E-state index in [1.807, 2.05) is 0 Å². The van der Waals surface area contributed by atoms with E-state index in [0.29, 0.717) is 16.5 Å². The molecule has 0 saturated carbocycles. The molecule has 0 unspecified atom stereocenters. The van der Waals surface area contributed by atoms with E-state index in [2.05, 4.69) is 22.2 Å². The number of carbonyl (C=O) groups excluding carboxylic acids is 1. The smallest absolute Gasteiger partial charge is 0.312 e. The molecule has 1 rings (SSSR count). The molecule has 74 valence electrons. The van der Waals surface area contributed by atoms with Crippen LogP contribution in [0.15, 0.2) is 30.6 Å². The number of halogens is 1. The molecule has 2 amide bonds. The second-order valence-electron chi connectivity index (χ2n) is 2.72. The molecule has 1 aromatic heterocycles. The maximum absolute atomic E-state index is 11.2. The number of carbonyl (C=O) groups is 1. The fraction of sp³-hybridized carbons (Fsp3) is 0.111. The maximum atomic E-state index is 11.2. The van der Waals surface area contributed by atoms with Crippen molar-refractivity contribution in [3.05, 3.63) is 35.6 Å². The average Bonchev–Trinajstić information content (AvgIpc) is 2.01. The van der Waals surface area contributed by atoms with Gasteiger partial charge in [0.05, 0.1) is 0 Å². The molecule has 4 nitrogen and oxygen atoms in total. The fourth-order valence-corrected chi connectivity index (χ4v) is 0.974. The van der Waals surface area contributed by atoms with Crippen LogP contribution in [0.25, 0.3) is 0 Å². The Morgan fingerprint density at radius 3 is 2.93 bits per heavy atom. The summed E-state index contributed by atoms with van der Waals surface area (Å²) in [6, 6.07) is 2.80. The topological polar surface area (TPSA) is 54.0 Å². The Kier molecular flexibility index (Phi) is 3.48. The summed E-state index contributed by atoms with van der Waals surface area (Å²) < 4.78 is 0. The zero-order chi connectivity index (χ0) is 10.6. The summed E-state index contributed by atoms with van der Waals surface area (Å²) in [5.74, 6) is 0.399. The number of allylic oxidation sites excluding steroid dienone is 1. The Hall–Kier alpha value is -1.55. The molecular weight excluding hydrogens is 202 g/mol. The lowest BCUT2D eigenvalue weighted by Gasteiger charge is -2.05. The lowest BCUT2D eigenvalue weighted by Crippen LogP contribution is -2.26. The van der Waals surface area contributed by atoms with Crippen molar-refractivity contribution in [3.8, 4) is 0 Å². The molecule has 1 aromatic rings. The Bertz CT molecular complexity index is 365. The predicted molar refractivity (Wildman–Crippen MR) is 56.2 cm³/mol. The summed E-state index contributed by atoms with van der Waals surface area (Å²) in [6.45, 7) is 5.22. The van der Waals surface area contributed by atoms with Crippen molar-refractivity contribution >= 4 is 23.4 Å². The van der Waals surface area contributed by atoms with Crippen LogP contribution in [-0.4, -0.2) is 11.0 Å². The third-order valence-corrected chi connectivity index (χ3v) is 1.53. The number of aromatic nitrogens is 1. The van der Waals surface area contributed by atoms with Gasteiger partial charge in [-0.1, -0.05) is 18.2 Å². The summed E-state index contributed by atoms with van der Waals surface area (Å²) in [4.78, 5) is 15.1. The summed E-state index contributed by atoms with van der Waals surface area (Å²) in [5, 5.41) is 5.51. The lowest BCUT2D eigenvalue weighted by atomic mass is 10.4. The van der Waals surface area contributed by atoms with Crippen molar-refractivity contribution in [3.63, 3.8) is 0 Å². The van der Waals surface area contributed by atoms with Crippen LogP contribution in [0.4, 0.5) is 10.6 Å². The summed E-state index contributed by atoms with van der Waals surface area (Å²) in [6.07, 6.45) is 1.51. The van der Waals surface area contributed by atoms with Crippen molar-refractivity contribution in [2.24, 2.45) is 0 Å². The van der Waals surface area contributed by atoms with E-state index in [0.717, 1.165) is 0 Å². The van der Waals surface area contributed by atoms with Crippen LogP contribution in [-0.2, 0) is 0 Å². The molecule has 2 N–H and O–H groups in total. The van der Waals surface area contributed by atoms with Gasteiger partial charge in [0.25, 0.3) is 0 Å². The highest BCUT2D eigenvalue weighted by Crippen LogP contribution is 2.11. The van der Waals surface area contributed by atoms with Gasteiger partial charge in [0.2, 0.25) is 0 Å². The molecule has 0 aliphatic heterocycles. The SMILES string of the molecule is C=C(C)NC(=O)Nc1cc(Cl)ccn1. The normalized spacial score (nSPS) is 9.29. The minimum atomic E-state index is -0.382. The molecule has 14 heavy (non-hydrogen) atoms. The van der Waals surface area contributed by atoms with E-state index in [9.17, 15) is 4.79 Å². The number of nitrogens with zero attached hydrogens (tertiary/aromatic N) is 1. The average molecular weight is 212 g/mol. The van der Waals surface area contributed by atoms with Gasteiger partial charge >= 0.3 is 6.03 Å². The molecule has 0 radical (unpaired) electrons. The largest absolute Gasteiger partial charge is 0.324 e. The van der Waals surface area contributed by atoms with Crippen molar-refractivity contribution in [1.29, 1.82) is 0 Å². The van der Waals surface area contributed by atoms with Crippen LogP contribution in [0.3, 0.4) is 0 Å². The molecule has 0 spiro atoms. The van der Waals surface area contributed by atoms with Crippen molar-refractivity contribution in [2.45, 2.75) is 6.92 Å². The monoisotopic (exact) mass is 211 g/mol. The fourth-order valence-electron chi connectivity index (χ4n) is 0.815. The summed E-state index contributed by atoms with van der Waals surface area (Å²) in [7, 11) is 0. The predicted octanol–water partition coefficient (Wildman–Crippen LogP) is 2.39.